The highest BCUT2D eigenvalue weighted by molar-refractivity contribution is 5.98. The van der Waals surface area contributed by atoms with Gasteiger partial charge in [-0.1, -0.05) is 12.7 Å². The van der Waals surface area contributed by atoms with Gasteiger partial charge in [0, 0.05) is 6.20 Å². The zero-order valence-corrected chi connectivity index (χ0v) is 7.34. The summed E-state index contributed by atoms with van der Waals surface area (Å²) in [4.78, 5) is 10.7. The molecule has 5 N–H and O–H groups in total. The standard InChI is InChI=1S/C8H10N4O2/c1-2-3-4-12-7(10)5(8(13)14)6(9)11-12/h2-4H,1,10H2,(H2,9,11)(H,13,14)/b4-3-. The summed E-state index contributed by atoms with van der Waals surface area (Å²) in [5.41, 5.74) is 10.7. The number of allylic oxidation sites excluding steroid dienone is 2. The lowest BCUT2D eigenvalue weighted by atomic mass is 10.3. The Kier molecular flexibility index (Phi) is 2.57. The van der Waals surface area contributed by atoms with Crippen LogP contribution in [0.25, 0.3) is 6.20 Å². The monoisotopic (exact) mass is 194 g/mol. The topological polar surface area (TPSA) is 107 Å². The number of hydrogen-bond donors (Lipinski definition) is 3. The van der Waals surface area contributed by atoms with Crippen LogP contribution in [-0.4, -0.2) is 20.9 Å². The van der Waals surface area contributed by atoms with Crippen molar-refractivity contribution in [3.8, 4) is 0 Å². The van der Waals surface area contributed by atoms with Gasteiger partial charge >= 0.3 is 5.97 Å². The van der Waals surface area contributed by atoms with Crippen LogP contribution in [0.1, 0.15) is 10.4 Å². The number of aromatic nitrogens is 2. The summed E-state index contributed by atoms with van der Waals surface area (Å²) >= 11 is 0. The third-order valence-corrected chi connectivity index (χ3v) is 1.55. The van der Waals surface area contributed by atoms with E-state index in [2.05, 4.69) is 11.7 Å². The Morgan fingerprint density at radius 2 is 2.21 bits per heavy atom. The van der Waals surface area contributed by atoms with Crippen LogP contribution < -0.4 is 11.5 Å². The van der Waals surface area contributed by atoms with Gasteiger partial charge in [-0.15, -0.1) is 5.10 Å². The molecule has 0 saturated carbocycles. The van der Waals surface area contributed by atoms with Crippen molar-refractivity contribution < 1.29 is 9.90 Å². The normalized spacial score (nSPS) is 10.6. The van der Waals surface area contributed by atoms with E-state index in [1.54, 1.807) is 6.08 Å². The van der Waals surface area contributed by atoms with Crippen molar-refractivity contribution in [2.75, 3.05) is 11.5 Å². The lowest BCUT2D eigenvalue weighted by Crippen LogP contribution is -2.04. The van der Waals surface area contributed by atoms with Gasteiger partial charge in [-0.3, -0.25) is 0 Å². The molecule has 0 aliphatic rings. The molecule has 0 radical (unpaired) electrons. The molecule has 1 aromatic heterocycles. The van der Waals surface area contributed by atoms with Crippen molar-refractivity contribution in [3.05, 3.63) is 24.3 Å². The molecule has 14 heavy (non-hydrogen) atoms. The molecule has 0 saturated heterocycles. The van der Waals surface area contributed by atoms with Crippen LogP contribution >= 0.6 is 0 Å². The van der Waals surface area contributed by atoms with E-state index in [1.807, 2.05) is 0 Å². The predicted molar refractivity (Wildman–Crippen MR) is 53.5 cm³/mol. The van der Waals surface area contributed by atoms with Crippen LogP contribution in [0.5, 0.6) is 0 Å². The van der Waals surface area contributed by atoms with Crippen molar-refractivity contribution in [2.45, 2.75) is 0 Å². The zero-order valence-electron chi connectivity index (χ0n) is 7.34. The molecule has 0 amide bonds. The summed E-state index contributed by atoms with van der Waals surface area (Å²) in [5.74, 6) is -1.31. The molecule has 0 bridgehead atoms. The second kappa shape index (κ2) is 3.65. The molecule has 0 aliphatic carbocycles. The van der Waals surface area contributed by atoms with Gasteiger partial charge < -0.3 is 16.6 Å². The second-order valence-corrected chi connectivity index (χ2v) is 2.47. The van der Waals surface area contributed by atoms with Gasteiger partial charge in [-0.2, -0.15) is 0 Å². The zero-order chi connectivity index (χ0) is 10.7. The summed E-state index contributed by atoms with van der Waals surface area (Å²) in [6, 6.07) is 0. The van der Waals surface area contributed by atoms with E-state index in [0.717, 1.165) is 0 Å². The summed E-state index contributed by atoms with van der Waals surface area (Å²) in [5, 5.41) is 12.5. The van der Waals surface area contributed by atoms with Crippen molar-refractivity contribution in [1.29, 1.82) is 0 Å². The van der Waals surface area contributed by atoms with E-state index in [0.29, 0.717) is 0 Å². The van der Waals surface area contributed by atoms with Crippen molar-refractivity contribution in [1.82, 2.24) is 9.78 Å². The molecule has 1 rings (SSSR count). The van der Waals surface area contributed by atoms with Gasteiger partial charge in [0.1, 0.15) is 11.4 Å². The molecule has 0 atom stereocenters. The molecule has 1 aromatic rings. The Hall–Kier alpha value is -2.24. The average Bonchev–Trinajstić information content (AvgIpc) is 2.38. The van der Waals surface area contributed by atoms with Gasteiger partial charge in [0.15, 0.2) is 5.82 Å². The van der Waals surface area contributed by atoms with E-state index in [9.17, 15) is 4.79 Å². The molecule has 6 nitrogen and oxygen atoms in total. The molecular weight excluding hydrogens is 184 g/mol. The van der Waals surface area contributed by atoms with E-state index in [4.69, 9.17) is 16.6 Å². The van der Waals surface area contributed by atoms with Gasteiger partial charge in [0.2, 0.25) is 0 Å². The lowest BCUT2D eigenvalue weighted by Gasteiger charge is -1.94. The number of rotatable bonds is 3. The number of nitrogen functional groups attached to an aromatic ring is 2. The molecular formula is C8H10N4O2. The van der Waals surface area contributed by atoms with E-state index < -0.39 is 5.97 Å². The highest BCUT2D eigenvalue weighted by atomic mass is 16.4. The largest absolute Gasteiger partial charge is 0.477 e. The first-order valence-corrected chi connectivity index (χ1v) is 3.74. The maximum Gasteiger partial charge on any atom is 0.343 e. The molecule has 0 aliphatic heterocycles. The number of nitrogens with zero attached hydrogens (tertiary/aromatic N) is 2. The highest BCUT2D eigenvalue weighted by Crippen LogP contribution is 2.18. The Balaban J connectivity index is 3.23. The molecule has 0 unspecified atom stereocenters. The summed E-state index contributed by atoms with van der Waals surface area (Å²) in [6.45, 7) is 3.45. The number of carboxylic acid groups (broad SMARTS) is 1. The number of anilines is 2. The third kappa shape index (κ3) is 1.58. The highest BCUT2D eigenvalue weighted by Gasteiger charge is 2.18. The fourth-order valence-corrected chi connectivity index (χ4v) is 0.941. The quantitative estimate of drug-likeness (QED) is 0.604. The van der Waals surface area contributed by atoms with Gasteiger partial charge in [-0.25, -0.2) is 9.48 Å². The van der Waals surface area contributed by atoms with Gasteiger partial charge in [-0.05, 0) is 6.08 Å². The Morgan fingerprint density at radius 3 is 2.64 bits per heavy atom. The minimum absolute atomic E-state index is 0.00639. The number of nitrogens with two attached hydrogens (primary N) is 2. The van der Waals surface area contributed by atoms with Crippen LogP contribution in [0.4, 0.5) is 11.6 Å². The average molecular weight is 194 g/mol. The van der Waals surface area contributed by atoms with Crippen molar-refractivity contribution in [2.24, 2.45) is 0 Å². The van der Waals surface area contributed by atoms with Gasteiger partial charge in [0.05, 0.1) is 0 Å². The first-order valence-electron chi connectivity index (χ1n) is 3.74. The summed E-state index contributed by atoms with van der Waals surface area (Å²) in [6.07, 6.45) is 4.54. The van der Waals surface area contributed by atoms with Crippen LogP contribution in [0, 0.1) is 0 Å². The molecule has 6 heteroatoms. The fraction of sp³-hybridized carbons (Fsp3) is 0. The summed E-state index contributed by atoms with van der Waals surface area (Å²) in [7, 11) is 0. The van der Waals surface area contributed by atoms with E-state index >= 15 is 0 Å². The third-order valence-electron chi connectivity index (χ3n) is 1.55. The first-order chi connectivity index (χ1) is 6.57. The molecule has 0 fully saturated rings. The number of carboxylic acids is 1. The minimum Gasteiger partial charge on any atom is -0.477 e. The van der Waals surface area contributed by atoms with Crippen LogP contribution in [0.15, 0.2) is 18.7 Å². The van der Waals surface area contributed by atoms with Gasteiger partial charge in [0.25, 0.3) is 0 Å². The van der Waals surface area contributed by atoms with Crippen molar-refractivity contribution >= 4 is 23.8 Å². The molecule has 0 spiro atoms. The maximum atomic E-state index is 10.7. The SMILES string of the molecule is C=C/C=C\n1nc(N)c(C(=O)O)c1N. The number of hydrogen-bond acceptors (Lipinski definition) is 4. The van der Waals surface area contributed by atoms with E-state index in [-0.39, 0.29) is 17.2 Å². The molecule has 0 aromatic carbocycles. The maximum absolute atomic E-state index is 10.7. The number of carbonyl (C=O) groups is 1. The minimum atomic E-state index is -1.20. The van der Waals surface area contributed by atoms with Crippen LogP contribution in [-0.2, 0) is 0 Å². The predicted octanol–water partition coefficient (Wildman–Crippen LogP) is 0.402. The molecule has 1 heterocycles. The lowest BCUT2D eigenvalue weighted by molar-refractivity contribution is 0.0699. The van der Waals surface area contributed by atoms with Crippen LogP contribution in [0.3, 0.4) is 0 Å². The second-order valence-electron chi connectivity index (χ2n) is 2.47. The van der Waals surface area contributed by atoms with E-state index in [1.165, 1.54) is 17.0 Å². The summed E-state index contributed by atoms with van der Waals surface area (Å²) < 4.78 is 1.18. The first kappa shape index (κ1) is 9.85. The number of aromatic carboxylic acids is 1. The van der Waals surface area contributed by atoms with Crippen molar-refractivity contribution in [3.63, 3.8) is 0 Å². The van der Waals surface area contributed by atoms with Crippen LogP contribution in [0.2, 0.25) is 0 Å². The Bertz CT molecular complexity index is 406. The smallest absolute Gasteiger partial charge is 0.343 e. The molecule has 74 valence electrons. The fourth-order valence-electron chi connectivity index (χ4n) is 0.941. The Labute approximate surface area is 80.1 Å². The Morgan fingerprint density at radius 1 is 1.57 bits per heavy atom.